The number of rotatable bonds is 4. The van der Waals surface area contributed by atoms with Gasteiger partial charge in [0.15, 0.2) is 0 Å². The lowest BCUT2D eigenvalue weighted by Gasteiger charge is -2.35. The number of thioether (sulfide) groups is 1. The molecule has 2 heteroatoms. The standard InChI is InChI=1S/C14H27NS/c1-11(2)13-5-3-4-6-14(13)15-9-12-7-8-16-10-12/h11-15H,3-10H2,1-2H3. The van der Waals surface area contributed by atoms with E-state index in [0.717, 1.165) is 23.8 Å². The van der Waals surface area contributed by atoms with Crippen molar-refractivity contribution < 1.29 is 0 Å². The molecule has 1 heterocycles. The lowest BCUT2D eigenvalue weighted by molar-refractivity contribution is 0.201. The van der Waals surface area contributed by atoms with E-state index in [9.17, 15) is 0 Å². The monoisotopic (exact) mass is 241 g/mol. The van der Waals surface area contributed by atoms with Crippen molar-refractivity contribution in [1.82, 2.24) is 5.32 Å². The summed E-state index contributed by atoms with van der Waals surface area (Å²) in [4.78, 5) is 0. The highest BCUT2D eigenvalue weighted by molar-refractivity contribution is 7.99. The van der Waals surface area contributed by atoms with Crippen LogP contribution in [0, 0.1) is 17.8 Å². The molecule has 2 rings (SSSR count). The van der Waals surface area contributed by atoms with Crippen LogP contribution in [-0.2, 0) is 0 Å². The molecule has 1 saturated heterocycles. The summed E-state index contributed by atoms with van der Waals surface area (Å²) in [5.41, 5.74) is 0. The minimum atomic E-state index is 0.819. The van der Waals surface area contributed by atoms with E-state index in [2.05, 4.69) is 30.9 Å². The van der Waals surface area contributed by atoms with Crippen molar-refractivity contribution in [2.24, 2.45) is 17.8 Å². The van der Waals surface area contributed by atoms with Crippen LogP contribution in [0.3, 0.4) is 0 Å². The van der Waals surface area contributed by atoms with Gasteiger partial charge in [-0.3, -0.25) is 0 Å². The Bertz CT molecular complexity index is 199. The minimum absolute atomic E-state index is 0.819. The molecule has 94 valence electrons. The second kappa shape index (κ2) is 6.30. The fourth-order valence-corrected chi connectivity index (χ4v) is 4.56. The lowest BCUT2D eigenvalue weighted by Crippen LogP contribution is -2.42. The van der Waals surface area contributed by atoms with Gasteiger partial charge >= 0.3 is 0 Å². The van der Waals surface area contributed by atoms with Gasteiger partial charge in [0.25, 0.3) is 0 Å². The summed E-state index contributed by atoms with van der Waals surface area (Å²) >= 11 is 2.14. The van der Waals surface area contributed by atoms with Gasteiger partial charge in [-0.05, 0) is 55.1 Å². The molecule has 1 nitrogen and oxygen atoms in total. The molecule has 1 aliphatic heterocycles. The van der Waals surface area contributed by atoms with E-state index in [0.29, 0.717) is 0 Å². The van der Waals surface area contributed by atoms with Crippen LogP contribution in [0.15, 0.2) is 0 Å². The topological polar surface area (TPSA) is 12.0 Å². The fourth-order valence-electron chi connectivity index (χ4n) is 3.27. The van der Waals surface area contributed by atoms with Crippen molar-refractivity contribution in [3.63, 3.8) is 0 Å². The van der Waals surface area contributed by atoms with Crippen molar-refractivity contribution in [2.75, 3.05) is 18.1 Å². The Labute approximate surface area is 105 Å². The van der Waals surface area contributed by atoms with Gasteiger partial charge < -0.3 is 5.32 Å². The Balaban J connectivity index is 1.76. The maximum absolute atomic E-state index is 3.88. The normalized spacial score (nSPS) is 35.8. The average molecular weight is 241 g/mol. The maximum Gasteiger partial charge on any atom is 0.00978 e. The highest BCUT2D eigenvalue weighted by atomic mass is 32.2. The Morgan fingerprint density at radius 1 is 1.19 bits per heavy atom. The quantitative estimate of drug-likeness (QED) is 0.808. The third kappa shape index (κ3) is 3.40. The number of hydrogen-bond donors (Lipinski definition) is 1. The van der Waals surface area contributed by atoms with Crippen LogP contribution in [0.4, 0.5) is 0 Å². The maximum atomic E-state index is 3.88. The zero-order valence-corrected chi connectivity index (χ0v) is 11.7. The molecule has 1 aliphatic carbocycles. The molecule has 1 saturated carbocycles. The smallest absolute Gasteiger partial charge is 0.00978 e. The van der Waals surface area contributed by atoms with Crippen LogP contribution in [0.5, 0.6) is 0 Å². The molecule has 0 spiro atoms. The van der Waals surface area contributed by atoms with Gasteiger partial charge in [0.1, 0.15) is 0 Å². The zero-order valence-electron chi connectivity index (χ0n) is 10.9. The highest BCUT2D eigenvalue weighted by Gasteiger charge is 2.28. The van der Waals surface area contributed by atoms with Crippen molar-refractivity contribution in [3.05, 3.63) is 0 Å². The molecule has 0 radical (unpaired) electrons. The van der Waals surface area contributed by atoms with Crippen LogP contribution in [0.25, 0.3) is 0 Å². The van der Waals surface area contributed by atoms with Crippen LogP contribution >= 0.6 is 11.8 Å². The van der Waals surface area contributed by atoms with Gasteiger partial charge in [-0.15, -0.1) is 0 Å². The van der Waals surface area contributed by atoms with E-state index in [1.807, 2.05) is 0 Å². The third-order valence-electron chi connectivity index (χ3n) is 4.37. The summed E-state index contributed by atoms with van der Waals surface area (Å²) in [6.45, 7) is 6.08. The molecular weight excluding hydrogens is 214 g/mol. The third-order valence-corrected chi connectivity index (χ3v) is 5.60. The Kier molecular flexibility index (Phi) is 5.02. The van der Waals surface area contributed by atoms with Crippen molar-refractivity contribution in [2.45, 2.75) is 52.0 Å². The molecule has 0 amide bonds. The first-order chi connectivity index (χ1) is 7.77. The lowest BCUT2D eigenvalue weighted by atomic mass is 9.77. The Morgan fingerprint density at radius 3 is 2.69 bits per heavy atom. The van der Waals surface area contributed by atoms with E-state index in [1.54, 1.807) is 0 Å². The Hall–Kier alpha value is 0.310. The van der Waals surface area contributed by atoms with Crippen molar-refractivity contribution >= 4 is 11.8 Å². The van der Waals surface area contributed by atoms with Gasteiger partial charge in [0, 0.05) is 6.04 Å². The molecular formula is C14H27NS. The fraction of sp³-hybridized carbons (Fsp3) is 1.00. The minimum Gasteiger partial charge on any atom is -0.313 e. The first-order valence-corrected chi connectivity index (χ1v) is 8.24. The van der Waals surface area contributed by atoms with Gasteiger partial charge in [-0.25, -0.2) is 0 Å². The van der Waals surface area contributed by atoms with E-state index in [1.165, 1.54) is 50.2 Å². The van der Waals surface area contributed by atoms with Gasteiger partial charge in [0.05, 0.1) is 0 Å². The molecule has 0 aromatic rings. The summed E-state index contributed by atoms with van der Waals surface area (Å²) in [6.07, 6.45) is 7.22. The van der Waals surface area contributed by atoms with Crippen LogP contribution in [-0.4, -0.2) is 24.1 Å². The molecule has 1 N–H and O–H groups in total. The van der Waals surface area contributed by atoms with Gasteiger partial charge in [-0.1, -0.05) is 26.7 Å². The predicted octanol–water partition coefficient (Wildman–Crippen LogP) is 3.54. The highest BCUT2D eigenvalue weighted by Crippen LogP contribution is 2.31. The van der Waals surface area contributed by atoms with Crippen LogP contribution < -0.4 is 5.32 Å². The van der Waals surface area contributed by atoms with E-state index in [-0.39, 0.29) is 0 Å². The van der Waals surface area contributed by atoms with Gasteiger partial charge in [-0.2, -0.15) is 11.8 Å². The van der Waals surface area contributed by atoms with E-state index < -0.39 is 0 Å². The molecule has 0 aromatic carbocycles. The van der Waals surface area contributed by atoms with Crippen LogP contribution in [0.1, 0.15) is 46.0 Å². The summed E-state index contributed by atoms with van der Waals surface area (Å²) < 4.78 is 0. The first-order valence-electron chi connectivity index (χ1n) is 7.08. The summed E-state index contributed by atoms with van der Waals surface area (Å²) in [5, 5.41) is 3.88. The summed E-state index contributed by atoms with van der Waals surface area (Å²) in [5.74, 6) is 5.54. The van der Waals surface area contributed by atoms with E-state index >= 15 is 0 Å². The SMILES string of the molecule is CC(C)C1CCCCC1NCC1CCSC1. The Morgan fingerprint density at radius 2 is 2.00 bits per heavy atom. The van der Waals surface area contributed by atoms with Crippen molar-refractivity contribution in [3.8, 4) is 0 Å². The largest absolute Gasteiger partial charge is 0.313 e. The molecule has 2 fully saturated rings. The summed E-state index contributed by atoms with van der Waals surface area (Å²) in [6, 6.07) is 0.819. The molecule has 0 bridgehead atoms. The molecule has 16 heavy (non-hydrogen) atoms. The molecule has 3 unspecified atom stereocenters. The zero-order chi connectivity index (χ0) is 11.4. The predicted molar refractivity (Wildman–Crippen MR) is 74.0 cm³/mol. The summed E-state index contributed by atoms with van der Waals surface area (Å²) in [7, 11) is 0. The second-order valence-corrected chi connectivity index (χ2v) is 7.09. The molecule has 0 aromatic heterocycles. The van der Waals surface area contributed by atoms with E-state index in [4.69, 9.17) is 0 Å². The first kappa shape index (κ1) is 12.8. The number of hydrogen-bond acceptors (Lipinski definition) is 2. The van der Waals surface area contributed by atoms with Gasteiger partial charge in [0.2, 0.25) is 0 Å². The van der Waals surface area contributed by atoms with Crippen LogP contribution in [0.2, 0.25) is 0 Å². The number of nitrogens with one attached hydrogen (secondary N) is 1. The average Bonchev–Trinajstić information content (AvgIpc) is 2.79. The molecule has 3 atom stereocenters. The van der Waals surface area contributed by atoms with Crippen molar-refractivity contribution in [1.29, 1.82) is 0 Å². The second-order valence-electron chi connectivity index (χ2n) is 5.94. The molecule has 2 aliphatic rings.